The summed E-state index contributed by atoms with van der Waals surface area (Å²) in [6.45, 7) is 1.70. The van der Waals surface area contributed by atoms with Crippen LogP contribution in [0.25, 0.3) is 0 Å². The molecular formula is C10H9F2N3OS. The van der Waals surface area contributed by atoms with Crippen molar-refractivity contribution in [1.29, 1.82) is 0 Å². The fraction of sp³-hybridized carbons (Fsp3) is 0.200. The van der Waals surface area contributed by atoms with Gasteiger partial charge in [0.1, 0.15) is 17.5 Å². The standard InChI is InChI=1S/C10H9F2N3OS/c1-6-13-10(15-14-6)5-17(16)9-4-7(11)2-3-8(9)12/h2-4H,5H2,1H3,(H,13,14,15). The molecule has 1 heterocycles. The number of halogens is 2. The summed E-state index contributed by atoms with van der Waals surface area (Å²) < 4.78 is 38.0. The Kier molecular flexibility index (Phi) is 3.28. The summed E-state index contributed by atoms with van der Waals surface area (Å²) in [7, 11) is -1.70. The monoisotopic (exact) mass is 257 g/mol. The summed E-state index contributed by atoms with van der Waals surface area (Å²) in [5, 5.41) is 6.38. The first-order valence-electron chi connectivity index (χ1n) is 4.77. The molecule has 4 nitrogen and oxygen atoms in total. The summed E-state index contributed by atoms with van der Waals surface area (Å²) in [5.74, 6) is -0.482. The number of H-pyrrole nitrogens is 1. The van der Waals surface area contributed by atoms with E-state index in [1.165, 1.54) is 0 Å². The van der Waals surface area contributed by atoms with Crippen LogP contribution in [0.4, 0.5) is 8.78 Å². The number of aryl methyl sites for hydroxylation is 1. The van der Waals surface area contributed by atoms with Crippen LogP contribution in [0.15, 0.2) is 23.1 Å². The third kappa shape index (κ3) is 2.73. The molecule has 0 fully saturated rings. The third-order valence-corrected chi connectivity index (χ3v) is 3.37. The van der Waals surface area contributed by atoms with Gasteiger partial charge in [-0.15, -0.1) is 0 Å². The molecule has 2 aromatic rings. The van der Waals surface area contributed by atoms with Gasteiger partial charge in [0, 0.05) is 0 Å². The van der Waals surface area contributed by atoms with E-state index in [2.05, 4.69) is 15.2 Å². The van der Waals surface area contributed by atoms with Gasteiger partial charge in [0.15, 0.2) is 5.82 Å². The highest BCUT2D eigenvalue weighted by atomic mass is 32.2. The van der Waals surface area contributed by atoms with Crippen LogP contribution in [0.3, 0.4) is 0 Å². The molecule has 0 saturated carbocycles. The first-order valence-corrected chi connectivity index (χ1v) is 6.09. The number of aromatic nitrogens is 3. The molecule has 1 unspecified atom stereocenters. The molecule has 0 radical (unpaired) electrons. The van der Waals surface area contributed by atoms with E-state index in [0.29, 0.717) is 11.6 Å². The summed E-state index contributed by atoms with van der Waals surface area (Å²) >= 11 is 0. The minimum Gasteiger partial charge on any atom is -0.263 e. The largest absolute Gasteiger partial charge is 0.263 e. The topological polar surface area (TPSA) is 58.6 Å². The van der Waals surface area contributed by atoms with Crippen LogP contribution in [0.5, 0.6) is 0 Å². The molecule has 90 valence electrons. The van der Waals surface area contributed by atoms with Crippen LogP contribution < -0.4 is 0 Å². The van der Waals surface area contributed by atoms with Crippen molar-refractivity contribution in [1.82, 2.24) is 15.2 Å². The molecule has 1 aromatic heterocycles. The molecule has 1 atom stereocenters. The van der Waals surface area contributed by atoms with E-state index in [0.717, 1.165) is 18.2 Å². The zero-order valence-corrected chi connectivity index (χ0v) is 9.72. The summed E-state index contributed by atoms with van der Waals surface area (Å²) in [6, 6.07) is 2.85. The molecule has 0 amide bonds. The maximum absolute atomic E-state index is 13.3. The average molecular weight is 257 g/mol. The molecule has 1 aromatic carbocycles. The fourth-order valence-corrected chi connectivity index (χ4v) is 2.35. The number of aromatic amines is 1. The lowest BCUT2D eigenvalue weighted by Gasteiger charge is -2.01. The van der Waals surface area contributed by atoms with Crippen LogP contribution in [-0.2, 0) is 16.6 Å². The highest BCUT2D eigenvalue weighted by Gasteiger charge is 2.14. The van der Waals surface area contributed by atoms with E-state index in [-0.39, 0.29) is 10.6 Å². The lowest BCUT2D eigenvalue weighted by Crippen LogP contribution is -2.01. The number of hydrogen-bond acceptors (Lipinski definition) is 3. The second-order valence-electron chi connectivity index (χ2n) is 3.40. The van der Waals surface area contributed by atoms with E-state index in [1.807, 2.05) is 0 Å². The van der Waals surface area contributed by atoms with E-state index >= 15 is 0 Å². The molecule has 0 saturated heterocycles. The molecule has 17 heavy (non-hydrogen) atoms. The van der Waals surface area contributed by atoms with Crippen molar-refractivity contribution >= 4 is 10.8 Å². The number of rotatable bonds is 3. The lowest BCUT2D eigenvalue weighted by molar-refractivity contribution is 0.571. The van der Waals surface area contributed by atoms with Gasteiger partial charge < -0.3 is 0 Å². The number of hydrogen-bond donors (Lipinski definition) is 1. The van der Waals surface area contributed by atoms with Crippen molar-refractivity contribution in [2.75, 3.05) is 0 Å². The number of benzene rings is 1. The van der Waals surface area contributed by atoms with Crippen LogP contribution >= 0.6 is 0 Å². The number of nitrogens with zero attached hydrogens (tertiary/aromatic N) is 2. The van der Waals surface area contributed by atoms with Crippen LogP contribution in [-0.4, -0.2) is 19.4 Å². The minimum absolute atomic E-state index is 0.0509. The SMILES string of the molecule is Cc1nc(CS(=O)c2cc(F)ccc2F)n[nH]1. The fourth-order valence-electron chi connectivity index (χ4n) is 1.30. The Hall–Kier alpha value is -1.63. The van der Waals surface area contributed by atoms with Gasteiger partial charge in [0.2, 0.25) is 0 Å². The molecule has 0 bridgehead atoms. The van der Waals surface area contributed by atoms with Crippen LogP contribution in [0, 0.1) is 18.6 Å². The van der Waals surface area contributed by atoms with Crippen molar-refractivity contribution in [2.24, 2.45) is 0 Å². The summed E-state index contributed by atoms with van der Waals surface area (Å²) in [4.78, 5) is 3.78. The maximum Gasteiger partial charge on any atom is 0.163 e. The van der Waals surface area contributed by atoms with Gasteiger partial charge in [-0.3, -0.25) is 9.31 Å². The molecule has 7 heteroatoms. The Labute approximate surface area is 98.5 Å². The van der Waals surface area contributed by atoms with Gasteiger partial charge in [0.25, 0.3) is 0 Å². The van der Waals surface area contributed by atoms with Crippen molar-refractivity contribution in [3.63, 3.8) is 0 Å². The molecule has 0 aliphatic rings. The van der Waals surface area contributed by atoms with Gasteiger partial charge in [-0.25, -0.2) is 13.8 Å². The second kappa shape index (κ2) is 4.70. The first kappa shape index (κ1) is 11.8. The third-order valence-electron chi connectivity index (χ3n) is 2.04. The molecule has 0 aliphatic carbocycles. The first-order chi connectivity index (χ1) is 8.06. The maximum atomic E-state index is 13.3. The van der Waals surface area contributed by atoms with Gasteiger partial charge in [0.05, 0.1) is 21.4 Å². The van der Waals surface area contributed by atoms with Crippen molar-refractivity contribution < 1.29 is 13.0 Å². The average Bonchev–Trinajstić information content (AvgIpc) is 2.67. The van der Waals surface area contributed by atoms with Gasteiger partial charge in [-0.2, -0.15) is 5.10 Å². The van der Waals surface area contributed by atoms with Crippen LogP contribution in [0.1, 0.15) is 11.6 Å². The molecule has 0 spiro atoms. The Morgan fingerprint density at radius 2 is 2.18 bits per heavy atom. The highest BCUT2D eigenvalue weighted by Crippen LogP contribution is 2.16. The van der Waals surface area contributed by atoms with E-state index in [1.54, 1.807) is 6.92 Å². The highest BCUT2D eigenvalue weighted by molar-refractivity contribution is 7.84. The number of nitrogens with one attached hydrogen (secondary N) is 1. The second-order valence-corrected chi connectivity index (χ2v) is 4.82. The summed E-state index contributed by atoms with van der Waals surface area (Å²) in [5.41, 5.74) is 0. The van der Waals surface area contributed by atoms with E-state index < -0.39 is 22.4 Å². The zero-order valence-electron chi connectivity index (χ0n) is 8.91. The zero-order chi connectivity index (χ0) is 12.4. The van der Waals surface area contributed by atoms with E-state index in [4.69, 9.17) is 0 Å². The van der Waals surface area contributed by atoms with Crippen molar-refractivity contribution in [2.45, 2.75) is 17.6 Å². The predicted molar refractivity (Wildman–Crippen MR) is 57.6 cm³/mol. The summed E-state index contributed by atoms with van der Waals surface area (Å²) in [6.07, 6.45) is 0. The minimum atomic E-state index is -1.70. The Morgan fingerprint density at radius 3 is 2.82 bits per heavy atom. The van der Waals surface area contributed by atoms with Crippen molar-refractivity contribution in [3.8, 4) is 0 Å². The Bertz CT molecular complexity index is 570. The van der Waals surface area contributed by atoms with Gasteiger partial charge in [-0.05, 0) is 25.1 Å². The molecule has 2 rings (SSSR count). The van der Waals surface area contributed by atoms with Crippen molar-refractivity contribution in [3.05, 3.63) is 41.5 Å². The molecule has 0 aliphatic heterocycles. The van der Waals surface area contributed by atoms with E-state index in [9.17, 15) is 13.0 Å². The van der Waals surface area contributed by atoms with Gasteiger partial charge >= 0.3 is 0 Å². The quantitative estimate of drug-likeness (QED) is 0.910. The smallest absolute Gasteiger partial charge is 0.163 e. The van der Waals surface area contributed by atoms with Crippen LogP contribution in [0.2, 0.25) is 0 Å². The lowest BCUT2D eigenvalue weighted by atomic mass is 10.3. The van der Waals surface area contributed by atoms with Gasteiger partial charge in [-0.1, -0.05) is 0 Å². The predicted octanol–water partition coefficient (Wildman–Crippen LogP) is 1.70. The Balaban J connectivity index is 2.22. The normalized spacial score (nSPS) is 12.6. The Morgan fingerprint density at radius 1 is 1.41 bits per heavy atom. The molecule has 1 N–H and O–H groups in total. The molecular weight excluding hydrogens is 248 g/mol.